The third kappa shape index (κ3) is 2.59. The summed E-state index contributed by atoms with van der Waals surface area (Å²) in [6.07, 6.45) is 1.86. The molecule has 0 aromatic carbocycles. The summed E-state index contributed by atoms with van der Waals surface area (Å²) >= 11 is 1.40. The van der Waals surface area contributed by atoms with Crippen molar-refractivity contribution in [3.05, 3.63) is 40.3 Å². The van der Waals surface area contributed by atoms with Crippen LogP contribution >= 0.6 is 11.3 Å². The highest BCUT2D eigenvalue weighted by atomic mass is 32.1. The number of imidazole rings is 1. The van der Waals surface area contributed by atoms with Crippen molar-refractivity contribution in [3.63, 3.8) is 0 Å². The van der Waals surface area contributed by atoms with E-state index in [0.717, 1.165) is 16.2 Å². The molecule has 0 bridgehead atoms. The molecule has 3 heterocycles. The maximum absolute atomic E-state index is 12.5. The largest absolute Gasteiger partial charge is 0.295 e. The Kier molecular flexibility index (Phi) is 3.66. The standard InChI is InChI=1S/C15H17N5OS/c1-8(2)14-18-19-15(22-14)17-13(21)12-10(4)16-11-7-9(3)5-6-20(11)12/h5-8H,1-4H3,(H,17,19,21). The van der Waals surface area contributed by atoms with Gasteiger partial charge < -0.3 is 0 Å². The van der Waals surface area contributed by atoms with E-state index in [1.807, 2.05) is 46.0 Å². The van der Waals surface area contributed by atoms with E-state index >= 15 is 0 Å². The summed E-state index contributed by atoms with van der Waals surface area (Å²) in [6.45, 7) is 7.92. The summed E-state index contributed by atoms with van der Waals surface area (Å²) in [5, 5.41) is 12.3. The van der Waals surface area contributed by atoms with Crippen molar-refractivity contribution in [2.24, 2.45) is 0 Å². The predicted octanol–water partition coefficient (Wildman–Crippen LogP) is 3.18. The highest BCUT2D eigenvalue weighted by Gasteiger charge is 2.18. The molecule has 3 rings (SSSR count). The molecule has 22 heavy (non-hydrogen) atoms. The van der Waals surface area contributed by atoms with E-state index in [0.29, 0.717) is 22.4 Å². The Balaban J connectivity index is 1.93. The van der Waals surface area contributed by atoms with E-state index in [1.165, 1.54) is 11.3 Å². The number of hydrogen-bond donors (Lipinski definition) is 1. The topological polar surface area (TPSA) is 72.2 Å². The number of carbonyl (C=O) groups excluding carboxylic acids is 1. The van der Waals surface area contributed by atoms with Crippen LogP contribution in [0.1, 0.15) is 46.5 Å². The van der Waals surface area contributed by atoms with Gasteiger partial charge >= 0.3 is 0 Å². The summed E-state index contributed by atoms with van der Waals surface area (Å²) in [5.74, 6) is 0.0731. The van der Waals surface area contributed by atoms with Gasteiger partial charge in [0.1, 0.15) is 16.3 Å². The quantitative estimate of drug-likeness (QED) is 0.805. The molecule has 0 saturated carbocycles. The summed E-state index contributed by atoms with van der Waals surface area (Å²) < 4.78 is 1.79. The molecule has 0 aliphatic carbocycles. The van der Waals surface area contributed by atoms with Gasteiger partial charge in [-0.2, -0.15) is 0 Å². The average Bonchev–Trinajstić information content (AvgIpc) is 3.01. The maximum atomic E-state index is 12.5. The Morgan fingerprint density at radius 2 is 2.09 bits per heavy atom. The third-order valence-corrected chi connectivity index (χ3v) is 4.47. The fourth-order valence-corrected chi connectivity index (χ4v) is 2.95. The fraction of sp³-hybridized carbons (Fsp3) is 0.333. The molecular weight excluding hydrogens is 298 g/mol. The third-order valence-electron chi connectivity index (χ3n) is 3.33. The van der Waals surface area contributed by atoms with Gasteiger partial charge in [0.05, 0.1) is 5.69 Å². The Hall–Kier alpha value is -2.28. The number of anilines is 1. The number of nitrogens with zero attached hydrogens (tertiary/aromatic N) is 4. The molecule has 3 aromatic rings. The van der Waals surface area contributed by atoms with E-state index in [1.54, 1.807) is 4.40 Å². The number of amides is 1. The first-order valence-electron chi connectivity index (χ1n) is 7.05. The SMILES string of the molecule is Cc1ccn2c(C(=O)Nc3nnc(C(C)C)s3)c(C)nc2c1. The monoisotopic (exact) mass is 315 g/mol. The number of rotatable bonds is 3. The lowest BCUT2D eigenvalue weighted by molar-refractivity contribution is 0.102. The summed E-state index contributed by atoms with van der Waals surface area (Å²) in [5.41, 5.74) is 3.09. The van der Waals surface area contributed by atoms with Crippen LogP contribution in [-0.4, -0.2) is 25.5 Å². The van der Waals surface area contributed by atoms with Crippen molar-refractivity contribution < 1.29 is 4.79 Å². The van der Waals surface area contributed by atoms with E-state index in [4.69, 9.17) is 0 Å². The first-order valence-corrected chi connectivity index (χ1v) is 7.87. The molecule has 0 unspecified atom stereocenters. The summed E-state index contributed by atoms with van der Waals surface area (Å²) in [4.78, 5) is 17.0. The lowest BCUT2D eigenvalue weighted by Gasteiger charge is -2.03. The van der Waals surface area contributed by atoms with Crippen LogP contribution < -0.4 is 5.32 Å². The number of hydrogen-bond acceptors (Lipinski definition) is 5. The minimum atomic E-state index is -0.222. The van der Waals surface area contributed by atoms with Gasteiger partial charge in [0, 0.05) is 12.1 Å². The van der Waals surface area contributed by atoms with Crippen molar-refractivity contribution in [1.29, 1.82) is 0 Å². The smallest absolute Gasteiger partial charge is 0.276 e. The van der Waals surface area contributed by atoms with Crippen LogP contribution in [0.25, 0.3) is 5.65 Å². The van der Waals surface area contributed by atoms with Crippen LogP contribution in [0.15, 0.2) is 18.3 Å². The van der Waals surface area contributed by atoms with Crippen LogP contribution in [0.5, 0.6) is 0 Å². The van der Waals surface area contributed by atoms with Crippen molar-refractivity contribution in [3.8, 4) is 0 Å². The van der Waals surface area contributed by atoms with Crippen LogP contribution in [0.2, 0.25) is 0 Å². The predicted molar refractivity (Wildman–Crippen MR) is 86.6 cm³/mol. The minimum absolute atomic E-state index is 0.222. The zero-order chi connectivity index (χ0) is 15.9. The molecule has 0 spiro atoms. The molecule has 114 valence electrons. The molecule has 0 saturated heterocycles. The number of nitrogens with one attached hydrogen (secondary N) is 1. The zero-order valence-electron chi connectivity index (χ0n) is 12.9. The highest BCUT2D eigenvalue weighted by molar-refractivity contribution is 7.15. The molecule has 3 aromatic heterocycles. The molecule has 7 heteroatoms. The van der Waals surface area contributed by atoms with Crippen molar-refractivity contribution in [1.82, 2.24) is 19.6 Å². The number of fused-ring (bicyclic) bond motifs is 1. The van der Waals surface area contributed by atoms with Crippen LogP contribution in [0.3, 0.4) is 0 Å². The van der Waals surface area contributed by atoms with Gasteiger partial charge in [-0.15, -0.1) is 10.2 Å². The molecule has 1 amide bonds. The number of aromatic nitrogens is 4. The molecule has 1 N–H and O–H groups in total. The van der Waals surface area contributed by atoms with E-state index in [2.05, 4.69) is 20.5 Å². The highest BCUT2D eigenvalue weighted by Crippen LogP contribution is 2.23. The molecule has 0 fully saturated rings. The van der Waals surface area contributed by atoms with Crippen molar-refractivity contribution in [2.45, 2.75) is 33.6 Å². The van der Waals surface area contributed by atoms with Crippen LogP contribution in [-0.2, 0) is 0 Å². The first-order chi connectivity index (χ1) is 10.5. The molecule has 0 aliphatic rings. The van der Waals surface area contributed by atoms with Gasteiger partial charge in [-0.25, -0.2) is 4.98 Å². The second-order valence-electron chi connectivity index (χ2n) is 5.53. The number of pyridine rings is 1. The molecule has 0 radical (unpaired) electrons. The lowest BCUT2D eigenvalue weighted by Crippen LogP contribution is -2.15. The Labute approximate surface area is 132 Å². The zero-order valence-corrected chi connectivity index (χ0v) is 13.7. The first kappa shape index (κ1) is 14.6. The second kappa shape index (κ2) is 5.49. The number of carbonyl (C=O) groups is 1. The van der Waals surface area contributed by atoms with E-state index < -0.39 is 0 Å². The summed E-state index contributed by atoms with van der Waals surface area (Å²) in [7, 11) is 0. The van der Waals surface area contributed by atoms with Crippen LogP contribution in [0, 0.1) is 13.8 Å². The van der Waals surface area contributed by atoms with Gasteiger partial charge in [0.15, 0.2) is 0 Å². The normalized spacial score (nSPS) is 11.3. The minimum Gasteiger partial charge on any atom is -0.295 e. The van der Waals surface area contributed by atoms with Crippen molar-refractivity contribution in [2.75, 3.05) is 5.32 Å². The second-order valence-corrected chi connectivity index (χ2v) is 6.54. The van der Waals surface area contributed by atoms with Crippen LogP contribution in [0.4, 0.5) is 5.13 Å². The average molecular weight is 315 g/mol. The van der Waals surface area contributed by atoms with Gasteiger partial charge in [0.2, 0.25) is 5.13 Å². The lowest BCUT2D eigenvalue weighted by atomic mass is 10.2. The molecule has 0 aliphatic heterocycles. The van der Waals surface area contributed by atoms with E-state index in [9.17, 15) is 4.79 Å². The van der Waals surface area contributed by atoms with Crippen molar-refractivity contribution >= 4 is 28.0 Å². The maximum Gasteiger partial charge on any atom is 0.276 e. The molecule has 6 nitrogen and oxygen atoms in total. The molecule has 0 atom stereocenters. The summed E-state index contributed by atoms with van der Waals surface area (Å²) in [6, 6.07) is 3.90. The van der Waals surface area contributed by atoms with E-state index in [-0.39, 0.29) is 5.91 Å². The van der Waals surface area contributed by atoms with Gasteiger partial charge in [-0.3, -0.25) is 14.5 Å². The number of aryl methyl sites for hydroxylation is 2. The van der Waals surface area contributed by atoms with Gasteiger partial charge in [0.25, 0.3) is 5.91 Å². The Morgan fingerprint density at radius 3 is 2.77 bits per heavy atom. The Bertz CT molecular complexity index is 849. The Morgan fingerprint density at radius 1 is 1.32 bits per heavy atom. The van der Waals surface area contributed by atoms with Gasteiger partial charge in [-0.05, 0) is 31.5 Å². The fourth-order valence-electron chi connectivity index (χ4n) is 2.21. The molecular formula is C15H17N5OS. The van der Waals surface area contributed by atoms with Gasteiger partial charge in [-0.1, -0.05) is 25.2 Å².